The molecule has 0 heterocycles. The first-order chi connectivity index (χ1) is 6.91. The predicted molar refractivity (Wildman–Crippen MR) is 47.0 cm³/mol. The largest absolute Gasteiger partial charge is 0.709 e. The number of aromatic hydroxyl groups is 3. The van der Waals surface area contributed by atoms with Crippen LogP contribution in [0.1, 0.15) is 10.4 Å². The second-order valence-electron chi connectivity index (χ2n) is 2.59. The second kappa shape index (κ2) is 4.07. The minimum Gasteiger partial charge on any atom is -0.504 e. The number of benzene rings is 1. The maximum atomic E-state index is 11.0. The highest BCUT2D eigenvalue weighted by Gasteiger charge is 2.20. The first kappa shape index (κ1) is 11.2. The number of phenolic OH excluding ortho intramolecular Hbond substituents is 3. The molecular formula is C7H7BO7. The van der Waals surface area contributed by atoms with Gasteiger partial charge in [-0.1, -0.05) is 0 Å². The van der Waals surface area contributed by atoms with Gasteiger partial charge in [-0.15, -0.1) is 0 Å². The lowest BCUT2D eigenvalue weighted by Gasteiger charge is -2.05. The van der Waals surface area contributed by atoms with Crippen molar-refractivity contribution < 1.29 is 34.8 Å². The van der Waals surface area contributed by atoms with Crippen molar-refractivity contribution in [3.05, 3.63) is 17.7 Å². The Bertz CT molecular complexity index is 366. The molecule has 5 N–H and O–H groups in total. The van der Waals surface area contributed by atoms with E-state index >= 15 is 0 Å². The highest BCUT2D eigenvalue weighted by atomic mass is 16.6. The zero-order valence-corrected chi connectivity index (χ0v) is 7.28. The molecule has 0 spiro atoms. The highest BCUT2D eigenvalue weighted by Crippen LogP contribution is 2.35. The quantitative estimate of drug-likeness (QED) is 0.313. The molecule has 0 aliphatic carbocycles. The third-order valence-electron chi connectivity index (χ3n) is 1.52. The van der Waals surface area contributed by atoms with Crippen LogP contribution in [0.4, 0.5) is 0 Å². The van der Waals surface area contributed by atoms with Crippen LogP contribution < -0.4 is 0 Å². The first-order valence-electron chi connectivity index (χ1n) is 3.74. The third-order valence-corrected chi connectivity index (χ3v) is 1.52. The Hall–Kier alpha value is -1.93. The van der Waals surface area contributed by atoms with Crippen LogP contribution in [0.3, 0.4) is 0 Å². The number of hydrogen-bond acceptors (Lipinski definition) is 7. The third kappa shape index (κ3) is 2.52. The Morgan fingerprint density at radius 3 is 2.00 bits per heavy atom. The van der Waals surface area contributed by atoms with Crippen molar-refractivity contribution in [2.45, 2.75) is 0 Å². The van der Waals surface area contributed by atoms with Gasteiger partial charge >= 0.3 is 13.3 Å². The van der Waals surface area contributed by atoms with Gasteiger partial charge in [0.15, 0.2) is 17.2 Å². The van der Waals surface area contributed by atoms with Crippen molar-refractivity contribution in [3.63, 3.8) is 0 Å². The summed E-state index contributed by atoms with van der Waals surface area (Å²) in [4.78, 5) is 11.0. The maximum absolute atomic E-state index is 11.0. The minimum absolute atomic E-state index is 0.337. The maximum Gasteiger partial charge on any atom is 0.709 e. The number of carbonyl (C=O) groups is 1. The zero-order valence-electron chi connectivity index (χ0n) is 7.28. The molecule has 0 saturated heterocycles. The van der Waals surface area contributed by atoms with Gasteiger partial charge in [0, 0.05) is 0 Å². The molecule has 80 valence electrons. The fourth-order valence-electron chi connectivity index (χ4n) is 0.886. The van der Waals surface area contributed by atoms with E-state index in [1.165, 1.54) is 0 Å². The molecule has 0 unspecified atom stereocenters. The molecule has 0 bridgehead atoms. The molecule has 0 saturated carbocycles. The Morgan fingerprint density at radius 2 is 1.60 bits per heavy atom. The fourth-order valence-corrected chi connectivity index (χ4v) is 0.886. The molecule has 0 aliphatic heterocycles. The molecule has 1 aromatic carbocycles. The van der Waals surface area contributed by atoms with Gasteiger partial charge in [0.05, 0.1) is 5.56 Å². The molecule has 1 aromatic rings. The van der Waals surface area contributed by atoms with Gasteiger partial charge < -0.3 is 30.0 Å². The molecule has 0 aromatic heterocycles. The molecule has 0 atom stereocenters. The summed E-state index contributed by atoms with van der Waals surface area (Å²) >= 11 is 0. The Kier molecular flexibility index (Phi) is 3.03. The van der Waals surface area contributed by atoms with Gasteiger partial charge in [-0.2, -0.15) is 0 Å². The van der Waals surface area contributed by atoms with Gasteiger partial charge in [0.1, 0.15) is 0 Å². The summed E-state index contributed by atoms with van der Waals surface area (Å²) in [6, 6.07) is 1.61. The van der Waals surface area contributed by atoms with Crippen LogP contribution in [0.25, 0.3) is 0 Å². The van der Waals surface area contributed by atoms with E-state index in [0.717, 1.165) is 12.1 Å². The average molecular weight is 214 g/mol. The Balaban J connectivity index is 3.01. The lowest BCUT2D eigenvalue weighted by atomic mass is 10.1. The molecule has 0 fully saturated rings. The van der Waals surface area contributed by atoms with Gasteiger partial charge in [-0.25, -0.2) is 4.79 Å². The topological polar surface area (TPSA) is 127 Å². The molecule has 0 aliphatic rings. The standard InChI is InChI=1S/C7H7BO7/c9-4-1-3(2-5(10)6(4)11)7(12)15-8(13)14/h1-2,9-11,13-14H. The SMILES string of the molecule is O=C(OB(O)O)c1cc(O)c(O)c(O)c1. The molecule has 1 rings (SSSR count). The van der Waals surface area contributed by atoms with Crippen molar-refractivity contribution in [1.29, 1.82) is 0 Å². The average Bonchev–Trinajstić information content (AvgIpc) is 2.12. The molecule has 0 radical (unpaired) electrons. The van der Waals surface area contributed by atoms with Crippen LogP contribution in [0.5, 0.6) is 17.2 Å². The lowest BCUT2D eigenvalue weighted by Crippen LogP contribution is -2.21. The first-order valence-corrected chi connectivity index (χ1v) is 3.74. The van der Waals surface area contributed by atoms with Crippen LogP contribution in [-0.4, -0.2) is 38.7 Å². The molecular weight excluding hydrogens is 207 g/mol. The van der Waals surface area contributed by atoms with Crippen LogP contribution in [0.2, 0.25) is 0 Å². The van der Waals surface area contributed by atoms with Crippen molar-refractivity contribution in [2.24, 2.45) is 0 Å². The summed E-state index contributed by atoms with van der Waals surface area (Å²) in [6.07, 6.45) is 0. The van der Waals surface area contributed by atoms with Crippen molar-refractivity contribution >= 4 is 13.3 Å². The smallest absolute Gasteiger partial charge is 0.504 e. The lowest BCUT2D eigenvalue weighted by molar-refractivity contribution is 0.0647. The van der Waals surface area contributed by atoms with Crippen molar-refractivity contribution in [2.75, 3.05) is 0 Å². The molecule has 7 nitrogen and oxygen atoms in total. The van der Waals surface area contributed by atoms with E-state index in [4.69, 9.17) is 25.4 Å². The summed E-state index contributed by atoms with van der Waals surface area (Å²) in [5.74, 6) is -3.41. The normalized spacial score (nSPS) is 9.73. The van der Waals surface area contributed by atoms with Gasteiger partial charge in [0.2, 0.25) is 0 Å². The zero-order chi connectivity index (χ0) is 11.6. The number of rotatable bonds is 2. The summed E-state index contributed by atoms with van der Waals surface area (Å²) in [5, 5.41) is 43.6. The Morgan fingerprint density at radius 1 is 1.13 bits per heavy atom. The highest BCUT2D eigenvalue weighted by molar-refractivity contribution is 6.36. The molecule has 15 heavy (non-hydrogen) atoms. The van der Waals surface area contributed by atoms with Crippen LogP contribution in [0.15, 0.2) is 12.1 Å². The van der Waals surface area contributed by atoms with Crippen molar-refractivity contribution in [3.8, 4) is 17.2 Å². The number of hydrogen-bond donors (Lipinski definition) is 5. The van der Waals surface area contributed by atoms with E-state index in [2.05, 4.69) is 4.65 Å². The fraction of sp³-hybridized carbons (Fsp3) is 0. The summed E-state index contributed by atoms with van der Waals surface area (Å²) in [7, 11) is -2.30. The monoisotopic (exact) mass is 214 g/mol. The second-order valence-corrected chi connectivity index (χ2v) is 2.59. The predicted octanol–water partition coefficient (Wildman–Crippen LogP) is -1.07. The van der Waals surface area contributed by atoms with E-state index < -0.39 is 30.5 Å². The number of carbonyl (C=O) groups excluding carboxylic acids is 1. The van der Waals surface area contributed by atoms with Gasteiger partial charge in [0.25, 0.3) is 0 Å². The van der Waals surface area contributed by atoms with E-state index in [-0.39, 0.29) is 5.56 Å². The summed E-state index contributed by atoms with van der Waals surface area (Å²) in [5.41, 5.74) is -0.337. The van der Waals surface area contributed by atoms with E-state index in [9.17, 15) is 4.79 Å². The van der Waals surface area contributed by atoms with E-state index in [1.807, 2.05) is 0 Å². The summed E-state index contributed by atoms with van der Waals surface area (Å²) in [6.45, 7) is 0. The molecule has 8 heteroatoms. The Labute approximate surface area is 84.0 Å². The van der Waals surface area contributed by atoms with Crippen molar-refractivity contribution in [1.82, 2.24) is 0 Å². The molecule has 0 amide bonds. The summed E-state index contributed by atoms with van der Waals surface area (Å²) < 4.78 is 3.95. The van der Waals surface area contributed by atoms with E-state index in [1.54, 1.807) is 0 Å². The van der Waals surface area contributed by atoms with Crippen LogP contribution in [-0.2, 0) is 4.65 Å². The number of phenols is 3. The van der Waals surface area contributed by atoms with Crippen LogP contribution in [0, 0.1) is 0 Å². The van der Waals surface area contributed by atoms with E-state index in [0.29, 0.717) is 0 Å². The van der Waals surface area contributed by atoms with Gasteiger partial charge in [-0.05, 0) is 12.1 Å². The van der Waals surface area contributed by atoms with Gasteiger partial charge in [-0.3, -0.25) is 0 Å². The van der Waals surface area contributed by atoms with Crippen LogP contribution >= 0.6 is 0 Å². The minimum atomic E-state index is -2.30.